The van der Waals surface area contributed by atoms with Gasteiger partial charge in [0.25, 0.3) is 0 Å². The third-order valence-electron chi connectivity index (χ3n) is 4.78. The summed E-state index contributed by atoms with van der Waals surface area (Å²) in [6.07, 6.45) is 0. The predicted octanol–water partition coefficient (Wildman–Crippen LogP) is 4.36. The molecule has 27 heavy (non-hydrogen) atoms. The van der Waals surface area contributed by atoms with Crippen LogP contribution in [0, 0.1) is 0 Å². The molecule has 1 N–H and O–H groups in total. The molecule has 0 radical (unpaired) electrons. The van der Waals surface area contributed by atoms with Crippen molar-refractivity contribution in [1.29, 1.82) is 0 Å². The fraction of sp³-hybridized carbons (Fsp3) is 0.350. The van der Waals surface area contributed by atoms with Crippen molar-refractivity contribution in [1.82, 2.24) is 9.80 Å². The number of hydrogen-bond donors (Lipinski definition) is 1. The maximum Gasteiger partial charge on any atom is 0.317 e. The lowest BCUT2D eigenvalue weighted by Gasteiger charge is -2.43. The quantitative estimate of drug-likeness (QED) is 0.764. The molecule has 0 aromatic heterocycles. The van der Waals surface area contributed by atoms with Gasteiger partial charge in [-0.15, -0.1) is 24.8 Å². The van der Waals surface area contributed by atoms with Gasteiger partial charge in [0, 0.05) is 30.7 Å². The van der Waals surface area contributed by atoms with Crippen LogP contribution >= 0.6 is 36.4 Å². The number of benzene rings is 2. The van der Waals surface area contributed by atoms with Crippen LogP contribution in [0.1, 0.15) is 24.1 Å². The largest absolute Gasteiger partial charge is 0.480 e. The molecule has 1 unspecified atom stereocenters. The molecule has 0 aliphatic carbocycles. The lowest BCUT2D eigenvalue weighted by atomic mass is 9.95. The van der Waals surface area contributed by atoms with E-state index >= 15 is 0 Å². The second-order valence-corrected chi connectivity index (χ2v) is 7.01. The minimum absolute atomic E-state index is 0. The second-order valence-electron chi connectivity index (χ2n) is 6.58. The summed E-state index contributed by atoms with van der Waals surface area (Å²) in [5.74, 6) is -0.769. The van der Waals surface area contributed by atoms with E-state index in [0.29, 0.717) is 0 Å². The summed E-state index contributed by atoms with van der Waals surface area (Å²) in [6.45, 7) is 4.58. The molecule has 0 spiro atoms. The van der Waals surface area contributed by atoms with E-state index < -0.39 is 5.97 Å². The van der Waals surface area contributed by atoms with Gasteiger partial charge < -0.3 is 5.11 Å². The average molecular weight is 432 g/mol. The number of carbonyl (C=O) groups is 1. The molecule has 7 heteroatoms. The molecule has 2 atom stereocenters. The zero-order valence-corrected chi connectivity index (χ0v) is 17.5. The first kappa shape index (κ1) is 23.7. The number of hydrogen-bond acceptors (Lipinski definition) is 3. The predicted molar refractivity (Wildman–Crippen MR) is 114 cm³/mol. The van der Waals surface area contributed by atoms with Crippen LogP contribution in [0.4, 0.5) is 0 Å². The van der Waals surface area contributed by atoms with Crippen LogP contribution < -0.4 is 0 Å². The van der Waals surface area contributed by atoms with Gasteiger partial charge in [-0.25, -0.2) is 0 Å². The minimum Gasteiger partial charge on any atom is -0.480 e. The highest BCUT2D eigenvalue weighted by Crippen LogP contribution is 2.31. The first-order valence-electron chi connectivity index (χ1n) is 8.55. The zero-order valence-electron chi connectivity index (χ0n) is 15.1. The summed E-state index contributed by atoms with van der Waals surface area (Å²) in [5, 5.41) is 9.81. The Morgan fingerprint density at radius 2 is 1.78 bits per heavy atom. The molecular weight excluding hydrogens is 407 g/mol. The Hall–Kier alpha value is -1.30. The van der Waals surface area contributed by atoms with Gasteiger partial charge in [-0.1, -0.05) is 54.1 Å². The molecule has 148 valence electrons. The van der Waals surface area contributed by atoms with Crippen molar-refractivity contribution in [2.75, 3.05) is 26.2 Å². The summed E-state index contributed by atoms with van der Waals surface area (Å²) in [4.78, 5) is 15.5. The summed E-state index contributed by atoms with van der Waals surface area (Å²) in [7, 11) is 0. The number of aliphatic carboxylic acids is 1. The maximum atomic E-state index is 11.0. The molecule has 0 amide bonds. The van der Waals surface area contributed by atoms with Crippen molar-refractivity contribution < 1.29 is 9.90 Å². The van der Waals surface area contributed by atoms with Gasteiger partial charge in [-0.05, 0) is 30.2 Å². The molecule has 1 aliphatic rings. The topological polar surface area (TPSA) is 43.8 Å². The standard InChI is InChI=1S/C20H23ClN2O2.2ClH/c1-15-13-23(11-10-22(15)14-19(24)25)20(16-6-3-2-4-7-16)17-8-5-9-18(21)12-17;;/h2-9,12,15,20H,10-11,13-14H2,1H3,(H,24,25);2*1H/t15-,20?;;/m1../s1. The Balaban J connectivity index is 0.00000182. The number of rotatable bonds is 5. The normalized spacial score (nSPS) is 18.8. The lowest BCUT2D eigenvalue weighted by Crippen LogP contribution is -2.54. The van der Waals surface area contributed by atoms with E-state index in [0.717, 1.165) is 30.2 Å². The molecule has 1 fully saturated rings. The molecule has 3 rings (SSSR count). The van der Waals surface area contributed by atoms with Gasteiger partial charge >= 0.3 is 5.97 Å². The van der Waals surface area contributed by atoms with Crippen molar-refractivity contribution in [3.05, 3.63) is 70.7 Å². The van der Waals surface area contributed by atoms with E-state index in [1.165, 1.54) is 5.56 Å². The van der Waals surface area contributed by atoms with Crippen LogP contribution in [0.25, 0.3) is 0 Å². The summed E-state index contributed by atoms with van der Waals surface area (Å²) in [5.41, 5.74) is 2.39. The van der Waals surface area contributed by atoms with E-state index in [-0.39, 0.29) is 43.4 Å². The Bertz CT molecular complexity index is 730. The van der Waals surface area contributed by atoms with E-state index in [1.54, 1.807) is 0 Å². The third kappa shape index (κ3) is 6.09. The highest BCUT2D eigenvalue weighted by atomic mass is 35.5. The zero-order chi connectivity index (χ0) is 17.8. The Morgan fingerprint density at radius 3 is 2.37 bits per heavy atom. The van der Waals surface area contributed by atoms with Crippen molar-refractivity contribution in [2.24, 2.45) is 0 Å². The fourth-order valence-corrected chi connectivity index (χ4v) is 3.79. The van der Waals surface area contributed by atoms with Gasteiger partial charge in [-0.3, -0.25) is 14.6 Å². The van der Waals surface area contributed by atoms with Crippen molar-refractivity contribution in [2.45, 2.75) is 19.0 Å². The number of halogens is 3. The Kier molecular flexibility index (Phi) is 9.57. The first-order chi connectivity index (χ1) is 12.0. The molecule has 0 bridgehead atoms. The summed E-state index contributed by atoms with van der Waals surface area (Å²) in [6, 6.07) is 18.7. The van der Waals surface area contributed by atoms with Crippen LogP contribution in [-0.2, 0) is 4.79 Å². The van der Waals surface area contributed by atoms with Crippen LogP contribution in [-0.4, -0.2) is 53.1 Å². The number of carboxylic acid groups (broad SMARTS) is 1. The first-order valence-corrected chi connectivity index (χ1v) is 8.92. The van der Waals surface area contributed by atoms with Gasteiger partial charge in [0.1, 0.15) is 0 Å². The maximum absolute atomic E-state index is 11.0. The smallest absolute Gasteiger partial charge is 0.317 e. The van der Waals surface area contributed by atoms with E-state index in [4.69, 9.17) is 16.7 Å². The highest BCUT2D eigenvalue weighted by molar-refractivity contribution is 6.30. The fourth-order valence-electron chi connectivity index (χ4n) is 3.59. The van der Waals surface area contributed by atoms with Crippen molar-refractivity contribution >= 4 is 42.4 Å². The average Bonchev–Trinajstić information content (AvgIpc) is 2.58. The molecule has 2 aromatic carbocycles. The van der Waals surface area contributed by atoms with Crippen LogP contribution in [0.15, 0.2) is 54.6 Å². The number of nitrogens with zero attached hydrogens (tertiary/aromatic N) is 2. The summed E-state index contributed by atoms with van der Waals surface area (Å²) < 4.78 is 0. The van der Waals surface area contributed by atoms with Crippen LogP contribution in [0.3, 0.4) is 0 Å². The van der Waals surface area contributed by atoms with Crippen LogP contribution in [0.2, 0.25) is 5.02 Å². The SMILES string of the molecule is C[C@@H]1CN(C(c2ccccc2)c2cccc(Cl)c2)CCN1CC(=O)O.Cl.Cl. The monoisotopic (exact) mass is 430 g/mol. The van der Waals surface area contributed by atoms with Crippen molar-refractivity contribution in [3.8, 4) is 0 Å². The molecule has 0 saturated carbocycles. The number of piperazine rings is 1. The molecule has 4 nitrogen and oxygen atoms in total. The van der Waals surface area contributed by atoms with Gasteiger partial charge in [-0.2, -0.15) is 0 Å². The lowest BCUT2D eigenvalue weighted by molar-refractivity contribution is -0.139. The molecule has 1 heterocycles. The van der Waals surface area contributed by atoms with Gasteiger partial charge in [0.15, 0.2) is 0 Å². The van der Waals surface area contributed by atoms with Gasteiger partial charge in [0.2, 0.25) is 0 Å². The van der Waals surface area contributed by atoms with Crippen LogP contribution in [0.5, 0.6) is 0 Å². The van der Waals surface area contributed by atoms with E-state index in [2.05, 4.69) is 42.2 Å². The highest BCUT2D eigenvalue weighted by Gasteiger charge is 2.30. The van der Waals surface area contributed by atoms with E-state index in [9.17, 15) is 4.79 Å². The van der Waals surface area contributed by atoms with E-state index in [1.807, 2.05) is 29.2 Å². The molecule has 2 aromatic rings. The third-order valence-corrected chi connectivity index (χ3v) is 5.01. The number of carboxylic acids is 1. The molecular formula is C20H25Cl3N2O2. The summed E-state index contributed by atoms with van der Waals surface area (Å²) >= 11 is 6.23. The minimum atomic E-state index is -0.769. The Morgan fingerprint density at radius 1 is 1.11 bits per heavy atom. The van der Waals surface area contributed by atoms with Crippen molar-refractivity contribution in [3.63, 3.8) is 0 Å². The van der Waals surface area contributed by atoms with Gasteiger partial charge in [0.05, 0.1) is 12.6 Å². The second kappa shape index (κ2) is 10.9. The molecule has 1 saturated heterocycles. The Labute approximate surface area is 177 Å². The molecule has 1 aliphatic heterocycles.